The Kier molecular flexibility index (Phi) is 39.3. The first-order valence-corrected chi connectivity index (χ1v) is 31.8. The quantitative estimate of drug-likeness (QED) is 0.0288. The summed E-state index contributed by atoms with van der Waals surface area (Å²) in [6.07, 6.45) is 55.1. The number of nitrogens with one attached hydrogen (secondary N) is 1. The van der Waals surface area contributed by atoms with Crippen molar-refractivity contribution in [2.45, 2.75) is 290 Å². The molecule has 56 heavy (non-hydrogen) atoms. The lowest BCUT2D eigenvalue weighted by Crippen LogP contribution is -2.52. The predicted octanol–water partition coefficient (Wildman–Crippen LogP) is 17.3. The van der Waals surface area contributed by atoms with Gasteiger partial charge in [0.25, 0.3) is 0 Å². The molecule has 0 fully saturated rings. The van der Waals surface area contributed by atoms with Crippen LogP contribution < -0.4 is 5.32 Å². The first kappa shape index (κ1) is 55.3. The molecule has 0 aliphatic rings. The Labute approximate surface area is 354 Å². The van der Waals surface area contributed by atoms with Gasteiger partial charge in [0, 0.05) is 6.42 Å². The van der Waals surface area contributed by atoms with Crippen LogP contribution in [-0.2, 0) is 13.6 Å². The molecule has 0 aliphatic carbocycles. The summed E-state index contributed by atoms with van der Waals surface area (Å²) in [4.78, 5) is 13.1. The van der Waals surface area contributed by atoms with Crippen LogP contribution in [0.1, 0.15) is 239 Å². The Bertz CT molecular complexity index is 894. The van der Waals surface area contributed by atoms with Crippen LogP contribution in [0.3, 0.4) is 0 Å². The van der Waals surface area contributed by atoms with E-state index in [0.717, 1.165) is 12.8 Å². The number of hydrogen-bond donors (Lipinski definition) is 1. The summed E-state index contributed by atoms with van der Waals surface area (Å²) in [6, 6.07) is 0. The zero-order valence-electron chi connectivity index (χ0n) is 39.4. The van der Waals surface area contributed by atoms with E-state index in [2.05, 4.69) is 76.7 Å². The van der Waals surface area contributed by atoms with Gasteiger partial charge in [-0.15, -0.1) is 0 Å². The fourth-order valence-corrected chi connectivity index (χ4v) is 9.52. The largest absolute Gasteiger partial charge is 0.407 e. The maximum absolute atomic E-state index is 13.1. The van der Waals surface area contributed by atoms with Crippen molar-refractivity contribution in [1.82, 2.24) is 5.32 Å². The Morgan fingerprint density at radius 1 is 0.429 bits per heavy atom. The van der Waals surface area contributed by atoms with Gasteiger partial charge in [0.15, 0.2) is 16.6 Å². The normalized spacial score (nSPS) is 13.6. The molecule has 0 aliphatic heterocycles. The highest BCUT2D eigenvalue weighted by atomic mass is 28.4. The molecule has 4 nitrogen and oxygen atoms in total. The minimum absolute atomic E-state index is 0.0197. The van der Waals surface area contributed by atoms with E-state index in [9.17, 15) is 4.79 Å². The fraction of sp³-hybridized carbons (Fsp3) is 0.900. The van der Waals surface area contributed by atoms with E-state index >= 15 is 0 Å². The summed E-state index contributed by atoms with van der Waals surface area (Å²) in [7, 11) is -3.80. The number of carbonyl (C=O) groups excluding carboxylic acids is 1. The third-order valence-electron chi connectivity index (χ3n) is 10.8. The Hall–Kier alpha value is -0.696. The smallest absolute Gasteiger partial charge is 0.225 e. The molecule has 6 heteroatoms. The predicted molar refractivity (Wildman–Crippen MR) is 256 cm³/mol. The minimum atomic E-state index is -1.93. The van der Waals surface area contributed by atoms with Gasteiger partial charge >= 0.3 is 0 Å². The lowest BCUT2D eigenvalue weighted by atomic mass is 10.0. The maximum atomic E-state index is 13.1. The molecule has 0 heterocycles. The van der Waals surface area contributed by atoms with Crippen LogP contribution in [0.4, 0.5) is 0 Å². The molecule has 0 aromatic heterocycles. The minimum Gasteiger partial charge on any atom is -0.407 e. The number of carbonyl (C=O) groups is 1. The number of rotatable bonds is 43. The van der Waals surface area contributed by atoms with Gasteiger partial charge < -0.3 is 14.2 Å². The van der Waals surface area contributed by atoms with E-state index < -0.39 is 22.9 Å². The Morgan fingerprint density at radius 3 is 1.05 bits per heavy atom. The summed E-state index contributed by atoms with van der Waals surface area (Å²) >= 11 is 0. The lowest BCUT2D eigenvalue weighted by Gasteiger charge is -2.35. The summed E-state index contributed by atoms with van der Waals surface area (Å²) in [5.41, 5.74) is 0. The van der Waals surface area contributed by atoms with Gasteiger partial charge in [0.05, 0.1) is 0 Å². The third kappa shape index (κ3) is 42.9. The van der Waals surface area contributed by atoms with E-state index in [1.54, 1.807) is 0 Å². The van der Waals surface area contributed by atoms with Gasteiger partial charge in [-0.1, -0.05) is 231 Å². The van der Waals surface area contributed by atoms with Crippen LogP contribution in [0, 0.1) is 0 Å². The highest BCUT2D eigenvalue weighted by Crippen LogP contribution is 2.19. The maximum Gasteiger partial charge on any atom is 0.225 e. The molecule has 0 bridgehead atoms. The second-order valence-corrected chi connectivity index (χ2v) is 28.1. The van der Waals surface area contributed by atoms with E-state index in [1.165, 1.54) is 205 Å². The standard InChI is InChI=1S/C50H101NO3Si2/c1-9-11-13-15-17-19-21-23-24-25-26-27-28-29-30-31-32-33-35-37-39-41-43-45-47-49(52)51-50(54-56(6,7)8)48(53-55(3,4)5)46-44-42-40-38-36-34-22-20-18-16-14-12-10-2/h43-46,48,50H,9-42,47H2,1-8H3,(H,51,52)/b45-43+,46-44+. The topological polar surface area (TPSA) is 47.6 Å². The number of amides is 1. The van der Waals surface area contributed by atoms with E-state index in [-0.39, 0.29) is 12.0 Å². The molecule has 0 aromatic carbocycles. The van der Waals surface area contributed by atoms with Crippen molar-refractivity contribution >= 4 is 22.5 Å². The molecule has 332 valence electrons. The highest BCUT2D eigenvalue weighted by molar-refractivity contribution is 6.70. The van der Waals surface area contributed by atoms with E-state index in [1.807, 2.05) is 6.08 Å². The van der Waals surface area contributed by atoms with Gasteiger partial charge in [0.1, 0.15) is 12.3 Å². The average Bonchev–Trinajstić information content (AvgIpc) is 3.13. The number of unbranched alkanes of at least 4 members (excludes halogenated alkanes) is 32. The van der Waals surface area contributed by atoms with Crippen LogP contribution in [0.25, 0.3) is 0 Å². The summed E-state index contributed by atoms with van der Waals surface area (Å²) < 4.78 is 13.2. The summed E-state index contributed by atoms with van der Waals surface area (Å²) in [5.74, 6) is 0.0197. The van der Waals surface area contributed by atoms with Crippen molar-refractivity contribution in [2.24, 2.45) is 0 Å². The first-order valence-electron chi connectivity index (χ1n) is 24.9. The van der Waals surface area contributed by atoms with E-state index in [0.29, 0.717) is 6.42 Å². The fourth-order valence-electron chi connectivity index (χ4n) is 7.55. The average molecular weight is 821 g/mol. The molecule has 2 unspecified atom stereocenters. The molecule has 1 N–H and O–H groups in total. The molecule has 0 saturated carbocycles. The number of hydrogen-bond acceptors (Lipinski definition) is 3. The zero-order valence-corrected chi connectivity index (χ0v) is 41.4. The summed E-state index contributed by atoms with van der Waals surface area (Å²) in [6.45, 7) is 17.8. The zero-order chi connectivity index (χ0) is 41.4. The van der Waals surface area contributed by atoms with Crippen molar-refractivity contribution in [3.8, 4) is 0 Å². The van der Waals surface area contributed by atoms with Crippen LogP contribution in [-0.4, -0.2) is 34.9 Å². The molecular weight excluding hydrogens is 719 g/mol. The van der Waals surface area contributed by atoms with Gasteiger partial charge in [0.2, 0.25) is 5.91 Å². The van der Waals surface area contributed by atoms with Crippen LogP contribution >= 0.6 is 0 Å². The van der Waals surface area contributed by atoms with Gasteiger partial charge in [-0.05, 0) is 65.0 Å². The van der Waals surface area contributed by atoms with E-state index in [4.69, 9.17) is 8.85 Å². The second-order valence-electron chi connectivity index (χ2n) is 19.2. The van der Waals surface area contributed by atoms with Gasteiger partial charge in [-0.3, -0.25) is 4.79 Å². The molecule has 1 amide bonds. The third-order valence-corrected chi connectivity index (χ3v) is 12.8. The molecule has 0 aromatic rings. The molecule has 0 radical (unpaired) electrons. The first-order chi connectivity index (χ1) is 27.0. The Morgan fingerprint density at radius 2 is 0.732 bits per heavy atom. The van der Waals surface area contributed by atoms with Crippen molar-refractivity contribution in [2.75, 3.05) is 0 Å². The van der Waals surface area contributed by atoms with Crippen LogP contribution in [0.15, 0.2) is 24.3 Å². The van der Waals surface area contributed by atoms with Gasteiger partial charge in [-0.2, -0.15) is 0 Å². The van der Waals surface area contributed by atoms with Crippen LogP contribution in [0.2, 0.25) is 39.3 Å². The van der Waals surface area contributed by atoms with Crippen molar-refractivity contribution in [3.63, 3.8) is 0 Å². The van der Waals surface area contributed by atoms with Crippen molar-refractivity contribution in [3.05, 3.63) is 24.3 Å². The number of allylic oxidation sites excluding steroid dienone is 2. The molecule has 0 saturated heterocycles. The molecule has 2 atom stereocenters. The van der Waals surface area contributed by atoms with Gasteiger partial charge in [-0.25, -0.2) is 0 Å². The summed E-state index contributed by atoms with van der Waals surface area (Å²) in [5, 5.41) is 3.23. The molecule has 0 spiro atoms. The SMILES string of the molecule is CCCCCCCCCCCCC/C=C/C(O[Si](C)(C)C)C(NC(=O)C/C=C/CCCCCCCCCCCCCCCCCCCCCCC)O[Si](C)(C)C. The van der Waals surface area contributed by atoms with Crippen molar-refractivity contribution in [1.29, 1.82) is 0 Å². The monoisotopic (exact) mass is 820 g/mol. The van der Waals surface area contributed by atoms with Crippen LogP contribution in [0.5, 0.6) is 0 Å². The molecule has 0 rings (SSSR count). The lowest BCUT2D eigenvalue weighted by molar-refractivity contribution is -0.124. The molecular formula is C50H101NO3Si2. The van der Waals surface area contributed by atoms with Crippen molar-refractivity contribution < 1.29 is 13.6 Å². The second kappa shape index (κ2) is 39.7. The Balaban J connectivity index is 4.18. The highest BCUT2D eigenvalue weighted by Gasteiger charge is 2.31.